The SMILES string of the molecule is NCc1ccc(I)c(F)c1Cl. The molecule has 0 spiro atoms. The van der Waals surface area contributed by atoms with Gasteiger partial charge in [-0.2, -0.15) is 0 Å². The minimum Gasteiger partial charge on any atom is -0.326 e. The van der Waals surface area contributed by atoms with Gasteiger partial charge in [0.25, 0.3) is 0 Å². The molecule has 0 atom stereocenters. The largest absolute Gasteiger partial charge is 0.326 e. The van der Waals surface area contributed by atoms with Crippen molar-refractivity contribution in [1.29, 1.82) is 0 Å². The zero-order chi connectivity index (χ0) is 8.43. The van der Waals surface area contributed by atoms with Crippen molar-refractivity contribution < 1.29 is 4.39 Å². The van der Waals surface area contributed by atoms with Crippen molar-refractivity contribution in [3.05, 3.63) is 32.1 Å². The molecule has 0 amide bonds. The topological polar surface area (TPSA) is 26.0 Å². The Kier molecular flexibility index (Phi) is 3.09. The van der Waals surface area contributed by atoms with Crippen molar-refractivity contribution in [2.24, 2.45) is 5.73 Å². The summed E-state index contributed by atoms with van der Waals surface area (Å²) in [4.78, 5) is 0. The normalized spacial score (nSPS) is 10.2. The van der Waals surface area contributed by atoms with Gasteiger partial charge in [-0.3, -0.25) is 0 Å². The Morgan fingerprint density at radius 2 is 2.18 bits per heavy atom. The summed E-state index contributed by atoms with van der Waals surface area (Å²) < 4.78 is 13.5. The first-order chi connectivity index (χ1) is 5.16. The van der Waals surface area contributed by atoms with E-state index >= 15 is 0 Å². The van der Waals surface area contributed by atoms with Crippen LogP contribution in [0.3, 0.4) is 0 Å². The fourth-order valence-corrected chi connectivity index (χ4v) is 1.57. The van der Waals surface area contributed by atoms with E-state index in [1.54, 1.807) is 12.1 Å². The first-order valence-electron chi connectivity index (χ1n) is 2.99. The molecule has 60 valence electrons. The highest BCUT2D eigenvalue weighted by Gasteiger charge is 2.07. The Morgan fingerprint density at radius 1 is 1.55 bits per heavy atom. The molecular formula is C7H6ClFIN. The van der Waals surface area contributed by atoms with Crippen LogP contribution in [0.1, 0.15) is 5.56 Å². The molecule has 1 rings (SSSR count). The highest BCUT2D eigenvalue weighted by atomic mass is 127. The van der Waals surface area contributed by atoms with Crippen LogP contribution in [0.2, 0.25) is 5.02 Å². The first-order valence-corrected chi connectivity index (χ1v) is 4.45. The fourth-order valence-electron chi connectivity index (χ4n) is 0.724. The standard InChI is InChI=1S/C7H6ClFIN/c8-6-4(3-11)1-2-5(10)7(6)9/h1-2H,3,11H2. The summed E-state index contributed by atoms with van der Waals surface area (Å²) in [5.41, 5.74) is 5.96. The number of halogens is 3. The quantitative estimate of drug-likeness (QED) is 0.623. The molecule has 4 heteroatoms. The van der Waals surface area contributed by atoms with Gasteiger partial charge < -0.3 is 5.73 Å². The molecule has 0 unspecified atom stereocenters. The van der Waals surface area contributed by atoms with Crippen LogP contribution in [-0.2, 0) is 6.54 Å². The van der Waals surface area contributed by atoms with Gasteiger partial charge in [0.15, 0.2) is 5.82 Å². The smallest absolute Gasteiger partial charge is 0.155 e. The van der Waals surface area contributed by atoms with Crippen molar-refractivity contribution in [2.45, 2.75) is 6.54 Å². The van der Waals surface area contributed by atoms with Crippen molar-refractivity contribution >= 4 is 34.2 Å². The average Bonchev–Trinajstić information content (AvgIpc) is 2.01. The molecule has 0 fully saturated rings. The lowest BCUT2D eigenvalue weighted by atomic mass is 10.2. The predicted molar refractivity (Wildman–Crippen MR) is 52.0 cm³/mol. The molecule has 0 aliphatic rings. The summed E-state index contributed by atoms with van der Waals surface area (Å²) in [6.45, 7) is 0.271. The van der Waals surface area contributed by atoms with Crippen LogP contribution in [-0.4, -0.2) is 0 Å². The molecular weight excluding hydrogens is 279 g/mol. The van der Waals surface area contributed by atoms with Crippen molar-refractivity contribution in [3.63, 3.8) is 0 Å². The predicted octanol–water partition coefficient (Wildman–Crippen LogP) is 2.54. The first kappa shape index (κ1) is 9.22. The zero-order valence-electron chi connectivity index (χ0n) is 5.57. The molecule has 0 radical (unpaired) electrons. The summed E-state index contributed by atoms with van der Waals surface area (Å²) in [7, 11) is 0. The van der Waals surface area contributed by atoms with E-state index in [0.29, 0.717) is 9.13 Å². The molecule has 1 aromatic carbocycles. The monoisotopic (exact) mass is 285 g/mol. The number of nitrogens with two attached hydrogens (primary N) is 1. The van der Waals surface area contributed by atoms with Crippen molar-refractivity contribution in [1.82, 2.24) is 0 Å². The maximum atomic E-state index is 13.0. The van der Waals surface area contributed by atoms with E-state index in [0.717, 1.165) is 0 Å². The average molecular weight is 285 g/mol. The third-order valence-corrected chi connectivity index (χ3v) is 2.58. The highest BCUT2D eigenvalue weighted by molar-refractivity contribution is 14.1. The fraction of sp³-hybridized carbons (Fsp3) is 0.143. The molecule has 0 aromatic heterocycles. The molecule has 0 heterocycles. The van der Waals surface area contributed by atoms with E-state index < -0.39 is 0 Å². The Hall–Kier alpha value is 0.130. The Bertz CT molecular complexity index is 277. The summed E-state index contributed by atoms with van der Waals surface area (Å²) >= 11 is 7.52. The zero-order valence-corrected chi connectivity index (χ0v) is 8.49. The third kappa shape index (κ3) is 1.83. The van der Waals surface area contributed by atoms with Crippen LogP contribution in [0.5, 0.6) is 0 Å². The van der Waals surface area contributed by atoms with Crippen molar-refractivity contribution in [2.75, 3.05) is 0 Å². The minimum atomic E-state index is -0.379. The Labute approximate surface area is 82.9 Å². The van der Waals surface area contributed by atoms with Gasteiger partial charge in [-0.25, -0.2) is 4.39 Å². The van der Waals surface area contributed by atoms with Gasteiger partial charge in [-0.15, -0.1) is 0 Å². The second-order valence-electron chi connectivity index (χ2n) is 2.04. The number of hydrogen-bond acceptors (Lipinski definition) is 1. The van der Waals surface area contributed by atoms with Crippen LogP contribution < -0.4 is 5.73 Å². The summed E-state index contributed by atoms with van der Waals surface area (Å²) in [5, 5.41) is 0.138. The Balaban J connectivity index is 3.25. The van der Waals surface area contributed by atoms with Crippen LogP contribution >= 0.6 is 34.2 Å². The summed E-state index contributed by atoms with van der Waals surface area (Å²) in [6, 6.07) is 3.39. The van der Waals surface area contributed by atoms with E-state index in [2.05, 4.69) is 0 Å². The molecule has 0 saturated heterocycles. The number of hydrogen-bond donors (Lipinski definition) is 1. The lowest BCUT2D eigenvalue weighted by Gasteiger charge is -2.02. The molecule has 1 nitrogen and oxygen atoms in total. The maximum absolute atomic E-state index is 13.0. The van der Waals surface area contributed by atoms with E-state index in [1.165, 1.54) is 0 Å². The van der Waals surface area contributed by atoms with E-state index in [-0.39, 0.29) is 17.4 Å². The summed E-state index contributed by atoms with van der Waals surface area (Å²) in [6.07, 6.45) is 0. The van der Waals surface area contributed by atoms with Gasteiger partial charge in [0.2, 0.25) is 0 Å². The lowest BCUT2D eigenvalue weighted by Crippen LogP contribution is -1.99. The molecule has 2 N–H and O–H groups in total. The van der Waals surface area contributed by atoms with Gasteiger partial charge >= 0.3 is 0 Å². The Morgan fingerprint density at radius 3 is 2.73 bits per heavy atom. The molecule has 1 aromatic rings. The maximum Gasteiger partial charge on any atom is 0.155 e. The van der Waals surface area contributed by atoms with Crippen LogP contribution in [0.15, 0.2) is 12.1 Å². The van der Waals surface area contributed by atoms with Gasteiger partial charge in [0.05, 0.1) is 8.59 Å². The number of benzene rings is 1. The molecule has 0 aliphatic carbocycles. The molecule has 0 aliphatic heterocycles. The highest BCUT2D eigenvalue weighted by Crippen LogP contribution is 2.23. The van der Waals surface area contributed by atoms with E-state index in [4.69, 9.17) is 17.3 Å². The van der Waals surface area contributed by atoms with Gasteiger partial charge in [-0.05, 0) is 34.2 Å². The van der Waals surface area contributed by atoms with E-state index in [9.17, 15) is 4.39 Å². The summed E-state index contributed by atoms with van der Waals surface area (Å²) in [5.74, 6) is -0.379. The van der Waals surface area contributed by atoms with Gasteiger partial charge in [0, 0.05) is 6.54 Å². The third-order valence-electron chi connectivity index (χ3n) is 1.34. The molecule has 0 bridgehead atoms. The van der Waals surface area contributed by atoms with Crippen molar-refractivity contribution in [3.8, 4) is 0 Å². The second kappa shape index (κ2) is 3.69. The minimum absolute atomic E-state index is 0.138. The van der Waals surface area contributed by atoms with Gasteiger partial charge in [0.1, 0.15) is 0 Å². The number of rotatable bonds is 1. The van der Waals surface area contributed by atoms with Crippen LogP contribution in [0.4, 0.5) is 4.39 Å². The molecule has 0 saturated carbocycles. The lowest BCUT2D eigenvalue weighted by molar-refractivity contribution is 0.618. The van der Waals surface area contributed by atoms with E-state index in [1.807, 2.05) is 22.6 Å². The van der Waals surface area contributed by atoms with Crippen LogP contribution in [0.25, 0.3) is 0 Å². The molecule has 11 heavy (non-hydrogen) atoms. The van der Waals surface area contributed by atoms with Crippen LogP contribution in [0, 0.1) is 9.39 Å². The second-order valence-corrected chi connectivity index (χ2v) is 3.58. The van der Waals surface area contributed by atoms with Gasteiger partial charge in [-0.1, -0.05) is 17.7 Å².